The van der Waals surface area contributed by atoms with E-state index in [-0.39, 0.29) is 6.04 Å². The number of nitrogens with one attached hydrogen (secondary N) is 2. The summed E-state index contributed by atoms with van der Waals surface area (Å²) >= 11 is 2.34. The highest BCUT2D eigenvalue weighted by Crippen LogP contribution is 2.27. The van der Waals surface area contributed by atoms with Crippen molar-refractivity contribution in [3.8, 4) is 0 Å². The summed E-state index contributed by atoms with van der Waals surface area (Å²) in [7, 11) is 0. The molecule has 0 spiro atoms. The number of benzene rings is 2. The molecule has 0 aliphatic heterocycles. The van der Waals surface area contributed by atoms with Crippen molar-refractivity contribution >= 4 is 33.7 Å². The van der Waals surface area contributed by atoms with Crippen molar-refractivity contribution in [2.75, 3.05) is 6.54 Å². The predicted octanol–water partition coefficient (Wildman–Crippen LogP) is 3.42. The second-order valence-electron chi connectivity index (χ2n) is 4.78. The zero-order chi connectivity index (χ0) is 14.8. The number of aromatic nitrogens is 1. The average molecular weight is 394 g/mol. The minimum absolute atomic E-state index is 0.0766. The van der Waals surface area contributed by atoms with Crippen LogP contribution in [0.2, 0.25) is 0 Å². The molecular weight excluding hydrogens is 379 g/mol. The quantitative estimate of drug-likeness (QED) is 0.667. The molecule has 21 heavy (non-hydrogen) atoms. The number of fused-ring (bicyclic) bond motifs is 1. The first kappa shape index (κ1) is 14.3. The Bertz CT molecular complexity index is 822. The molecule has 0 aliphatic rings. The van der Waals surface area contributed by atoms with E-state index in [1.165, 1.54) is 9.13 Å². The third kappa shape index (κ3) is 2.89. The molecule has 5 heteroatoms. The summed E-state index contributed by atoms with van der Waals surface area (Å²) in [5, 5.41) is 3.49. The Morgan fingerprint density at radius 1 is 1.29 bits per heavy atom. The Morgan fingerprint density at radius 3 is 2.86 bits per heavy atom. The Labute approximate surface area is 135 Å². The molecule has 3 aromatic rings. The highest BCUT2D eigenvalue weighted by Gasteiger charge is 2.16. The summed E-state index contributed by atoms with van der Waals surface area (Å²) in [4.78, 5) is 13.9. The first-order valence-electron chi connectivity index (χ1n) is 6.79. The molecule has 2 N–H and O–H groups in total. The minimum Gasteiger partial charge on any atom is -0.408 e. The molecule has 0 saturated heterocycles. The lowest BCUT2D eigenvalue weighted by Crippen LogP contribution is -2.22. The van der Waals surface area contributed by atoms with Gasteiger partial charge in [-0.25, -0.2) is 4.79 Å². The van der Waals surface area contributed by atoms with Crippen LogP contribution < -0.4 is 11.1 Å². The molecule has 0 bridgehead atoms. The van der Waals surface area contributed by atoms with Crippen LogP contribution >= 0.6 is 22.6 Å². The van der Waals surface area contributed by atoms with Gasteiger partial charge in [-0.3, -0.25) is 4.98 Å². The number of oxazole rings is 1. The summed E-state index contributed by atoms with van der Waals surface area (Å²) in [5.41, 5.74) is 3.61. The van der Waals surface area contributed by atoms with Crippen molar-refractivity contribution in [3.63, 3.8) is 0 Å². The van der Waals surface area contributed by atoms with Gasteiger partial charge in [0.25, 0.3) is 0 Å². The van der Waals surface area contributed by atoms with E-state index in [0.717, 1.165) is 17.6 Å². The monoisotopic (exact) mass is 394 g/mol. The fourth-order valence-electron chi connectivity index (χ4n) is 2.46. The zero-order valence-electron chi connectivity index (χ0n) is 11.5. The molecule has 0 amide bonds. The van der Waals surface area contributed by atoms with Crippen LogP contribution in [0.4, 0.5) is 0 Å². The van der Waals surface area contributed by atoms with E-state index in [9.17, 15) is 4.79 Å². The highest BCUT2D eigenvalue weighted by molar-refractivity contribution is 14.1. The zero-order valence-corrected chi connectivity index (χ0v) is 13.7. The molecule has 2 aromatic carbocycles. The molecule has 0 aliphatic carbocycles. The smallest absolute Gasteiger partial charge is 0.408 e. The minimum atomic E-state index is -0.420. The number of rotatable bonds is 4. The first-order valence-corrected chi connectivity index (χ1v) is 7.87. The molecule has 0 fully saturated rings. The largest absolute Gasteiger partial charge is 0.417 e. The van der Waals surface area contributed by atoms with Gasteiger partial charge in [-0.05, 0) is 58.5 Å². The van der Waals surface area contributed by atoms with Gasteiger partial charge in [0, 0.05) is 3.57 Å². The van der Waals surface area contributed by atoms with Crippen LogP contribution in [0.3, 0.4) is 0 Å². The molecular formula is C16H15IN2O2. The molecule has 0 saturated carbocycles. The van der Waals surface area contributed by atoms with Crippen molar-refractivity contribution in [2.24, 2.45) is 0 Å². The van der Waals surface area contributed by atoms with Crippen LogP contribution in [0.1, 0.15) is 24.1 Å². The van der Waals surface area contributed by atoms with Gasteiger partial charge in [-0.2, -0.15) is 0 Å². The lowest BCUT2D eigenvalue weighted by atomic mass is 9.98. The standard InChI is InChI=1S/C16H15IN2O2/c1-2-18-15(11-5-3-4-6-12(11)17)10-7-8-13-14(9-10)21-16(20)19-13/h3-9,15,18H,2H2,1H3,(H,19,20). The van der Waals surface area contributed by atoms with Crippen LogP contribution in [0.5, 0.6) is 0 Å². The maximum Gasteiger partial charge on any atom is 0.417 e. The van der Waals surface area contributed by atoms with Crippen LogP contribution in [0, 0.1) is 3.57 Å². The van der Waals surface area contributed by atoms with E-state index in [2.05, 4.69) is 51.9 Å². The van der Waals surface area contributed by atoms with Crippen molar-refractivity contribution in [2.45, 2.75) is 13.0 Å². The second-order valence-corrected chi connectivity index (χ2v) is 5.94. The number of hydrogen-bond donors (Lipinski definition) is 2. The summed E-state index contributed by atoms with van der Waals surface area (Å²) in [6.45, 7) is 2.93. The normalized spacial score (nSPS) is 12.7. The summed E-state index contributed by atoms with van der Waals surface area (Å²) in [5.74, 6) is -0.420. The molecule has 3 rings (SSSR count). The molecule has 4 nitrogen and oxygen atoms in total. The van der Waals surface area contributed by atoms with Gasteiger partial charge < -0.3 is 9.73 Å². The van der Waals surface area contributed by atoms with E-state index in [1.54, 1.807) is 0 Å². The van der Waals surface area contributed by atoms with Gasteiger partial charge in [0.05, 0.1) is 11.6 Å². The number of halogens is 1. The number of H-pyrrole nitrogens is 1. The van der Waals surface area contributed by atoms with E-state index < -0.39 is 5.76 Å². The number of hydrogen-bond acceptors (Lipinski definition) is 3. The van der Waals surface area contributed by atoms with Crippen molar-refractivity contribution in [3.05, 3.63) is 67.7 Å². The van der Waals surface area contributed by atoms with Crippen LogP contribution in [0.25, 0.3) is 11.1 Å². The van der Waals surface area contributed by atoms with Gasteiger partial charge >= 0.3 is 5.76 Å². The molecule has 1 aromatic heterocycles. The van der Waals surface area contributed by atoms with Crippen LogP contribution in [0.15, 0.2) is 51.7 Å². The van der Waals surface area contributed by atoms with Gasteiger partial charge in [0.1, 0.15) is 0 Å². The molecule has 108 valence electrons. The Kier molecular flexibility index (Phi) is 4.12. The van der Waals surface area contributed by atoms with E-state index in [0.29, 0.717) is 5.58 Å². The fourth-order valence-corrected chi connectivity index (χ4v) is 3.16. The molecule has 1 atom stereocenters. The van der Waals surface area contributed by atoms with Crippen molar-refractivity contribution in [1.29, 1.82) is 0 Å². The third-order valence-corrected chi connectivity index (χ3v) is 4.39. The second kappa shape index (κ2) is 6.03. The maximum atomic E-state index is 11.3. The maximum absolute atomic E-state index is 11.3. The lowest BCUT2D eigenvalue weighted by Gasteiger charge is -2.20. The average Bonchev–Trinajstić information content (AvgIpc) is 2.85. The summed E-state index contributed by atoms with van der Waals surface area (Å²) in [6.07, 6.45) is 0. The Hall–Kier alpha value is -1.60. The SMILES string of the molecule is CCNC(c1ccc2[nH]c(=O)oc2c1)c1ccccc1I. The van der Waals surface area contributed by atoms with Crippen molar-refractivity contribution < 1.29 is 4.42 Å². The van der Waals surface area contributed by atoms with Gasteiger partial charge in [0.15, 0.2) is 5.58 Å². The first-order chi connectivity index (χ1) is 10.2. The summed E-state index contributed by atoms with van der Waals surface area (Å²) < 4.78 is 6.37. The molecule has 1 heterocycles. The van der Waals surface area contributed by atoms with Crippen LogP contribution in [-0.4, -0.2) is 11.5 Å². The van der Waals surface area contributed by atoms with Gasteiger partial charge in [-0.1, -0.05) is 31.2 Å². The fraction of sp³-hybridized carbons (Fsp3) is 0.188. The molecule has 1 unspecified atom stereocenters. The Morgan fingerprint density at radius 2 is 2.10 bits per heavy atom. The number of aromatic amines is 1. The van der Waals surface area contributed by atoms with E-state index >= 15 is 0 Å². The summed E-state index contributed by atoms with van der Waals surface area (Å²) in [6, 6.07) is 14.2. The Balaban J connectivity index is 2.10. The highest BCUT2D eigenvalue weighted by atomic mass is 127. The van der Waals surface area contributed by atoms with E-state index in [1.807, 2.05) is 30.3 Å². The van der Waals surface area contributed by atoms with Gasteiger partial charge in [-0.15, -0.1) is 0 Å². The molecule has 0 radical (unpaired) electrons. The third-order valence-electron chi connectivity index (χ3n) is 3.40. The predicted molar refractivity (Wildman–Crippen MR) is 91.5 cm³/mol. The van der Waals surface area contributed by atoms with Crippen LogP contribution in [-0.2, 0) is 0 Å². The lowest BCUT2D eigenvalue weighted by molar-refractivity contribution is 0.553. The van der Waals surface area contributed by atoms with E-state index in [4.69, 9.17) is 4.42 Å². The van der Waals surface area contributed by atoms with Crippen molar-refractivity contribution in [1.82, 2.24) is 10.3 Å². The van der Waals surface area contributed by atoms with Gasteiger partial charge in [0.2, 0.25) is 0 Å². The topological polar surface area (TPSA) is 58.0 Å².